The van der Waals surface area contributed by atoms with Crippen molar-refractivity contribution in [2.75, 3.05) is 5.32 Å². The van der Waals surface area contributed by atoms with E-state index in [9.17, 15) is 19.7 Å². The molecule has 0 saturated carbocycles. The minimum atomic E-state index is -0.659. The first kappa shape index (κ1) is 23.5. The maximum absolute atomic E-state index is 13.0. The quantitative estimate of drug-likeness (QED) is 0.227. The molecule has 3 aromatic rings. The van der Waals surface area contributed by atoms with E-state index in [0.717, 1.165) is 0 Å². The lowest BCUT2D eigenvalue weighted by Crippen LogP contribution is -2.31. The number of nitrogens with one attached hydrogen (secondary N) is 2. The van der Waals surface area contributed by atoms with Crippen LogP contribution < -0.4 is 10.6 Å². The van der Waals surface area contributed by atoms with Crippen molar-refractivity contribution in [3.05, 3.63) is 108 Å². The predicted octanol–water partition coefficient (Wildman–Crippen LogP) is 6.07. The van der Waals surface area contributed by atoms with Crippen LogP contribution >= 0.6 is 39.1 Å². The van der Waals surface area contributed by atoms with Gasteiger partial charge in [0.2, 0.25) is 0 Å². The second-order valence-corrected chi connectivity index (χ2v) is 8.12. The summed E-state index contributed by atoms with van der Waals surface area (Å²) in [5.41, 5.74) is 0.835. The van der Waals surface area contributed by atoms with Crippen LogP contribution in [0.4, 0.5) is 11.4 Å². The Hall–Kier alpha value is -3.20. The van der Waals surface area contributed by atoms with Crippen molar-refractivity contribution < 1.29 is 14.5 Å². The molecule has 0 spiro atoms. The summed E-state index contributed by atoms with van der Waals surface area (Å²) in [4.78, 5) is 36.1. The number of non-ortho nitro benzene ring substituents is 1. The molecule has 7 nitrogen and oxygen atoms in total. The minimum absolute atomic E-state index is 0.101. The first-order valence-electron chi connectivity index (χ1n) is 9.03. The normalized spacial score (nSPS) is 11.0. The maximum atomic E-state index is 13.0. The molecule has 0 radical (unpaired) electrons. The molecule has 0 heterocycles. The first-order valence-corrected chi connectivity index (χ1v) is 10.6. The van der Waals surface area contributed by atoms with Crippen LogP contribution in [-0.2, 0) is 4.79 Å². The van der Waals surface area contributed by atoms with Crippen LogP contribution in [0, 0.1) is 10.1 Å². The summed E-state index contributed by atoms with van der Waals surface area (Å²) in [6.07, 6.45) is 1.40. The van der Waals surface area contributed by atoms with Gasteiger partial charge < -0.3 is 10.6 Å². The van der Waals surface area contributed by atoms with E-state index >= 15 is 0 Å². The number of hydrogen-bond acceptors (Lipinski definition) is 4. The van der Waals surface area contributed by atoms with Crippen molar-refractivity contribution in [3.8, 4) is 0 Å². The molecule has 0 aliphatic heterocycles. The Morgan fingerprint density at radius 1 is 1.00 bits per heavy atom. The zero-order chi connectivity index (χ0) is 23.3. The van der Waals surface area contributed by atoms with Crippen LogP contribution in [0.25, 0.3) is 6.08 Å². The fraction of sp³-hybridized carbons (Fsp3) is 0. The molecule has 0 aromatic heterocycles. The highest BCUT2D eigenvalue weighted by Crippen LogP contribution is 2.26. The lowest BCUT2D eigenvalue weighted by molar-refractivity contribution is -0.384. The molecule has 3 aromatic carbocycles. The zero-order valence-electron chi connectivity index (χ0n) is 16.1. The fourth-order valence-corrected chi connectivity index (χ4v) is 3.44. The Bertz CT molecular complexity index is 1230. The molecule has 2 N–H and O–H groups in total. The van der Waals surface area contributed by atoms with Gasteiger partial charge in [0.15, 0.2) is 0 Å². The van der Waals surface area contributed by atoms with Crippen LogP contribution in [0.15, 0.2) is 76.9 Å². The third-order valence-electron chi connectivity index (χ3n) is 4.20. The number of hydrogen-bond donors (Lipinski definition) is 2. The lowest BCUT2D eigenvalue weighted by atomic mass is 10.1. The smallest absolute Gasteiger partial charge is 0.272 e. The molecule has 0 fully saturated rings. The van der Waals surface area contributed by atoms with Gasteiger partial charge in [0.1, 0.15) is 5.70 Å². The Labute approximate surface area is 201 Å². The van der Waals surface area contributed by atoms with Crippen LogP contribution in [0.2, 0.25) is 10.0 Å². The topological polar surface area (TPSA) is 101 Å². The average molecular weight is 535 g/mol. The molecule has 0 unspecified atom stereocenters. The van der Waals surface area contributed by atoms with Gasteiger partial charge in [-0.05, 0) is 70.0 Å². The number of anilines is 1. The lowest BCUT2D eigenvalue weighted by Gasteiger charge is -2.13. The average Bonchev–Trinajstić information content (AvgIpc) is 2.76. The standard InChI is InChI=1S/C22H14BrCl2N3O4/c23-17-4-2-1-3-16(17)21(29)27-20(11-13-5-8-15(9-6-13)28(31)32)22(30)26-19-12-14(24)7-10-18(19)25/h1-12H,(H,26,30)(H,27,29)/b20-11+. The number of halogens is 3. The van der Waals surface area contributed by atoms with Gasteiger partial charge in [-0.15, -0.1) is 0 Å². The molecule has 3 rings (SSSR count). The van der Waals surface area contributed by atoms with Gasteiger partial charge in [-0.3, -0.25) is 19.7 Å². The third kappa shape index (κ3) is 5.94. The van der Waals surface area contributed by atoms with Crippen LogP contribution in [0.3, 0.4) is 0 Å². The van der Waals surface area contributed by atoms with Gasteiger partial charge in [-0.2, -0.15) is 0 Å². The van der Waals surface area contributed by atoms with Crippen molar-refractivity contribution in [2.45, 2.75) is 0 Å². The summed E-state index contributed by atoms with van der Waals surface area (Å²) in [6.45, 7) is 0. The molecular weight excluding hydrogens is 521 g/mol. The molecule has 0 saturated heterocycles. The molecule has 162 valence electrons. The SMILES string of the molecule is O=C(Nc1cc(Cl)ccc1Cl)/C(=C\c1ccc([N+](=O)[O-])cc1)NC(=O)c1ccccc1Br. The van der Waals surface area contributed by atoms with Gasteiger partial charge in [-0.1, -0.05) is 35.3 Å². The number of rotatable bonds is 6. The summed E-state index contributed by atoms with van der Waals surface area (Å²) in [7, 11) is 0. The van der Waals surface area contributed by atoms with Crippen LogP contribution in [0.1, 0.15) is 15.9 Å². The van der Waals surface area contributed by atoms with E-state index in [1.807, 2.05) is 0 Å². The number of nitrogens with zero attached hydrogens (tertiary/aromatic N) is 1. The van der Waals surface area contributed by atoms with E-state index in [1.165, 1.54) is 42.5 Å². The zero-order valence-corrected chi connectivity index (χ0v) is 19.2. The fourth-order valence-electron chi connectivity index (χ4n) is 2.64. The van der Waals surface area contributed by atoms with Gasteiger partial charge in [0.25, 0.3) is 17.5 Å². The van der Waals surface area contributed by atoms with E-state index in [-0.39, 0.29) is 22.1 Å². The number of carbonyl (C=O) groups excluding carboxylic acids is 2. The summed E-state index contributed by atoms with van der Waals surface area (Å²) in [5.74, 6) is -1.19. The number of benzene rings is 3. The first-order chi connectivity index (χ1) is 15.2. The summed E-state index contributed by atoms with van der Waals surface area (Å²) < 4.78 is 0.547. The van der Waals surface area contributed by atoms with Gasteiger partial charge >= 0.3 is 0 Å². The van der Waals surface area contributed by atoms with Gasteiger partial charge in [0, 0.05) is 21.6 Å². The Kier molecular flexibility index (Phi) is 7.63. The van der Waals surface area contributed by atoms with Crippen molar-refractivity contribution in [3.63, 3.8) is 0 Å². The molecule has 0 aliphatic carbocycles. The summed E-state index contributed by atoms with van der Waals surface area (Å²) in [5, 5.41) is 16.7. The molecule has 0 aliphatic rings. The van der Waals surface area contributed by atoms with Gasteiger partial charge in [-0.25, -0.2) is 0 Å². The van der Waals surface area contributed by atoms with Crippen molar-refractivity contribution >= 4 is 68.4 Å². The Morgan fingerprint density at radius 3 is 2.34 bits per heavy atom. The second kappa shape index (κ2) is 10.4. The maximum Gasteiger partial charge on any atom is 0.272 e. The molecule has 0 bridgehead atoms. The Morgan fingerprint density at radius 2 is 1.69 bits per heavy atom. The Balaban J connectivity index is 1.95. The highest BCUT2D eigenvalue weighted by molar-refractivity contribution is 9.10. The van der Waals surface area contributed by atoms with Crippen LogP contribution in [0.5, 0.6) is 0 Å². The second-order valence-electron chi connectivity index (χ2n) is 6.42. The van der Waals surface area contributed by atoms with Crippen molar-refractivity contribution in [1.29, 1.82) is 0 Å². The number of nitro benzene ring substituents is 1. The summed E-state index contributed by atoms with van der Waals surface area (Å²) in [6, 6.07) is 16.8. The number of nitro groups is 1. The highest BCUT2D eigenvalue weighted by atomic mass is 79.9. The van der Waals surface area contributed by atoms with Gasteiger partial charge in [0.05, 0.1) is 21.2 Å². The van der Waals surface area contributed by atoms with E-state index in [0.29, 0.717) is 20.6 Å². The molecule has 2 amide bonds. The van der Waals surface area contributed by atoms with Crippen molar-refractivity contribution in [2.24, 2.45) is 0 Å². The summed E-state index contributed by atoms with van der Waals surface area (Å²) >= 11 is 15.4. The molecule has 32 heavy (non-hydrogen) atoms. The van der Waals surface area contributed by atoms with E-state index in [1.54, 1.807) is 30.3 Å². The van der Waals surface area contributed by atoms with Crippen LogP contribution in [-0.4, -0.2) is 16.7 Å². The number of amides is 2. The van der Waals surface area contributed by atoms with E-state index < -0.39 is 16.7 Å². The number of carbonyl (C=O) groups is 2. The monoisotopic (exact) mass is 533 g/mol. The minimum Gasteiger partial charge on any atom is -0.319 e. The molecular formula is C22H14BrCl2N3O4. The largest absolute Gasteiger partial charge is 0.319 e. The van der Waals surface area contributed by atoms with E-state index in [4.69, 9.17) is 23.2 Å². The molecule has 0 atom stereocenters. The highest BCUT2D eigenvalue weighted by Gasteiger charge is 2.18. The predicted molar refractivity (Wildman–Crippen MR) is 128 cm³/mol. The van der Waals surface area contributed by atoms with E-state index in [2.05, 4.69) is 26.6 Å². The van der Waals surface area contributed by atoms with Crippen molar-refractivity contribution in [1.82, 2.24) is 5.32 Å². The molecule has 10 heteroatoms. The third-order valence-corrected chi connectivity index (χ3v) is 5.46.